The van der Waals surface area contributed by atoms with Crippen LogP contribution < -0.4 is 16.2 Å². The molecular formula is C20H19ClN4O2. The molecule has 6 nitrogen and oxygen atoms in total. The Hall–Kier alpha value is -2.86. The van der Waals surface area contributed by atoms with Crippen molar-refractivity contribution in [3.05, 3.63) is 74.8 Å². The molecule has 2 heterocycles. The predicted molar refractivity (Wildman–Crippen MR) is 105 cm³/mol. The second-order valence-electron chi connectivity index (χ2n) is 6.79. The first-order valence-electron chi connectivity index (χ1n) is 8.83. The maximum absolute atomic E-state index is 12.3. The van der Waals surface area contributed by atoms with Crippen molar-refractivity contribution >= 4 is 28.8 Å². The van der Waals surface area contributed by atoms with Crippen LogP contribution in [0.5, 0.6) is 0 Å². The minimum Gasteiger partial charge on any atom is -0.379 e. The number of hydrogen-bond acceptors (Lipinski definition) is 4. The number of rotatable bonds is 5. The SMILES string of the molecule is Cc1ccc(C(=O)NC2CC2)cc1NCc1cc(=O)n2cc(Cl)ccc2n1. The lowest BCUT2D eigenvalue weighted by molar-refractivity contribution is 0.0951. The topological polar surface area (TPSA) is 75.5 Å². The van der Waals surface area contributed by atoms with Crippen LogP contribution in [0.1, 0.15) is 34.5 Å². The molecule has 0 unspecified atom stereocenters. The molecule has 4 rings (SSSR count). The minimum absolute atomic E-state index is 0.0560. The summed E-state index contributed by atoms with van der Waals surface area (Å²) in [6.07, 6.45) is 3.66. The molecule has 0 saturated heterocycles. The number of pyridine rings is 1. The summed E-state index contributed by atoms with van der Waals surface area (Å²) in [6.45, 7) is 2.35. The van der Waals surface area contributed by atoms with Crippen LogP contribution in [0.15, 0.2) is 47.4 Å². The number of fused-ring (bicyclic) bond motifs is 1. The molecule has 7 heteroatoms. The first-order chi connectivity index (χ1) is 13.0. The number of carbonyl (C=O) groups is 1. The molecule has 1 amide bonds. The monoisotopic (exact) mass is 382 g/mol. The van der Waals surface area contributed by atoms with Gasteiger partial charge in [-0.05, 0) is 49.6 Å². The number of carbonyl (C=O) groups excluding carboxylic acids is 1. The van der Waals surface area contributed by atoms with Crippen molar-refractivity contribution in [1.82, 2.24) is 14.7 Å². The first kappa shape index (κ1) is 17.5. The van der Waals surface area contributed by atoms with Gasteiger partial charge in [0.1, 0.15) is 5.65 Å². The maximum Gasteiger partial charge on any atom is 0.258 e. The highest BCUT2D eigenvalue weighted by molar-refractivity contribution is 6.30. The Morgan fingerprint density at radius 2 is 2.07 bits per heavy atom. The highest BCUT2D eigenvalue weighted by Crippen LogP contribution is 2.21. The van der Waals surface area contributed by atoms with E-state index in [2.05, 4.69) is 15.6 Å². The van der Waals surface area contributed by atoms with Gasteiger partial charge in [0.05, 0.1) is 17.3 Å². The Kier molecular flexibility index (Phi) is 4.58. The molecule has 2 aromatic heterocycles. The molecule has 0 aliphatic heterocycles. The number of nitrogens with zero attached hydrogens (tertiary/aromatic N) is 2. The lowest BCUT2D eigenvalue weighted by Crippen LogP contribution is -2.25. The van der Waals surface area contributed by atoms with Crippen LogP contribution in [0.2, 0.25) is 5.02 Å². The zero-order valence-corrected chi connectivity index (χ0v) is 15.6. The van der Waals surface area contributed by atoms with Crippen LogP contribution >= 0.6 is 11.6 Å². The first-order valence-corrected chi connectivity index (χ1v) is 9.20. The van der Waals surface area contributed by atoms with Crippen LogP contribution in [-0.4, -0.2) is 21.3 Å². The Bertz CT molecular complexity index is 1090. The third-order valence-electron chi connectivity index (χ3n) is 4.55. The summed E-state index contributed by atoms with van der Waals surface area (Å²) >= 11 is 5.93. The van der Waals surface area contributed by atoms with E-state index in [1.54, 1.807) is 18.3 Å². The van der Waals surface area contributed by atoms with Gasteiger partial charge >= 0.3 is 0 Å². The average Bonchev–Trinajstić information content (AvgIpc) is 3.45. The fraction of sp³-hybridized carbons (Fsp3) is 0.250. The molecule has 1 aliphatic rings. The van der Waals surface area contributed by atoms with Crippen LogP contribution in [0.4, 0.5) is 5.69 Å². The Morgan fingerprint density at radius 1 is 1.26 bits per heavy atom. The van der Waals surface area contributed by atoms with Crippen molar-refractivity contribution in [3.8, 4) is 0 Å². The molecule has 1 aromatic carbocycles. The summed E-state index contributed by atoms with van der Waals surface area (Å²) in [4.78, 5) is 29.0. The summed E-state index contributed by atoms with van der Waals surface area (Å²) in [5, 5.41) is 6.75. The Labute approximate surface area is 161 Å². The van der Waals surface area contributed by atoms with E-state index in [1.165, 1.54) is 10.5 Å². The number of anilines is 1. The Balaban J connectivity index is 1.54. The maximum atomic E-state index is 12.3. The third kappa shape index (κ3) is 3.95. The number of hydrogen-bond donors (Lipinski definition) is 2. The molecule has 0 radical (unpaired) electrons. The van der Waals surface area contributed by atoms with Gasteiger partial charge in [0.15, 0.2) is 0 Å². The van der Waals surface area contributed by atoms with Gasteiger partial charge in [-0.1, -0.05) is 17.7 Å². The van der Waals surface area contributed by atoms with Crippen molar-refractivity contribution in [2.45, 2.75) is 32.4 Å². The fourth-order valence-corrected chi connectivity index (χ4v) is 3.01. The van der Waals surface area contributed by atoms with Crippen molar-refractivity contribution in [2.75, 3.05) is 5.32 Å². The second-order valence-corrected chi connectivity index (χ2v) is 7.23. The normalized spacial score (nSPS) is 13.6. The number of benzene rings is 1. The lowest BCUT2D eigenvalue weighted by atomic mass is 10.1. The largest absolute Gasteiger partial charge is 0.379 e. The summed E-state index contributed by atoms with van der Waals surface area (Å²) < 4.78 is 1.42. The highest BCUT2D eigenvalue weighted by atomic mass is 35.5. The van der Waals surface area contributed by atoms with E-state index in [0.717, 1.165) is 24.1 Å². The van der Waals surface area contributed by atoms with Crippen molar-refractivity contribution in [1.29, 1.82) is 0 Å². The van der Waals surface area contributed by atoms with E-state index in [9.17, 15) is 9.59 Å². The van der Waals surface area contributed by atoms with Crippen LogP contribution in [0.3, 0.4) is 0 Å². The predicted octanol–water partition coefficient (Wildman–Crippen LogP) is 3.16. The number of amides is 1. The van der Waals surface area contributed by atoms with Crippen LogP contribution in [-0.2, 0) is 6.54 Å². The van der Waals surface area contributed by atoms with E-state index in [1.807, 2.05) is 25.1 Å². The Morgan fingerprint density at radius 3 is 2.85 bits per heavy atom. The van der Waals surface area contributed by atoms with Gasteiger partial charge in [0.2, 0.25) is 0 Å². The summed E-state index contributed by atoms with van der Waals surface area (Å²) in [6, 6.07) is 10.8. The molecule has 27 heavy (non-hydrogen) atoms. The second kappa shape index (κ2) is 7.04. The molecule has 3 aromatic rings. The smallest absolute Gasteiger partial charge is 0.258 e. The standard InChI is InChI=1S/C20H19ClN4O2/c1-12-2-3-13(20(27)24-15-5-6-15)8-17(12)22-10-16-9-19(26)25-11-14(21)4-7-18(25)23-16/h2-4,7-9,11,15,22H,5-6,10H2,1H3,(H,24,27). The molecule has 0 spiro atoms. The molecule has 0 atom stereocenters. The van der Waals surface area contributed by atoms with Crippen LogP contribution in [0.25, 0.3) is 5.65 Å². The summed E-state index contributed by atoms with van der Waals surface area (Å²) in [7, 11) is 0. The van der Waals surface area contributed by atoms with Gasteiger partial charge in [-0.15, -0.1) is 0 Å². The molecule has 2 N–H and O–H groups in total. The minimum atomic E-state index is -0.186. The number of aryl methyl sites for hydroxylation is 1. The summed E-state index contributed by atoms with van der Waals surface area (Å²) in [5.41, 5.74) is 3.45. The van der Waals surface area contributed by atoms with E-state index in [-0.39, 0.29) is 11.5 Å². The number of aromatic nitrogens is 2. The van der Waals surface area contributed by atoms with Gasteiger partial charge in [-0.3, -0.25) is 14.0 Å². The number of nitrogens with one attached hydrogen (secondary N) is 2. The third-order valence-corrected chi connectivity index (χ3v) is 4.77. The van der Waals surface area contributed by atoms with Gasteiger partial charge < -0.3 is 10.6 Å². The van der Waals surface area contributed by atoms with Gasteiger partial charge in [0.25, 0.3) is 11.5 Å². The van der Waals surface area contributed by atoms with Crippen molar-refractivity contribution < 1.29 is 4.79 Å². The van der Waals surface area contributed by atoms with E-state index < -0.39 is 0 Å². The van der Waals surface area contributed by atoms with Crippen molar-refractivity contribution in [3.63, 3.8) is 0 Å². The quantitative estimate of drug-likeness (QED) is 0.710. The fourth-order valence-electron chi connectivity index (χ4n) is 2.85. The molecule has 1 aliphatic carbocycles. The van der Waals surface area contributed by atoms with E-state index >= 15 is 0 Å². The number of halogens is 1. The molecule has 138 valence electrons. The molecule has 1 fully saturated rings. The van der Waals surface area contributed by atoms with Crippen molar-refractivity contribution in [2.24, 2.45) is 0 Å². The van der Waals surface area contributed by atoms with Crippen LogP contribution in [0, 0.1) is 6.92 Å². The lowest BCUT2D eigenvalue weighted by Gasteiger charge is -2.12. The zero-order valence-electron chi connectivity index (χ0n) is 14.8. The molecule has 0 bridgehead atoms. The van der Waals surface area contributed by atoms with E-state index in [0.29, 0.717) is 34.5 Å². The van der Waals surface area contributed by atoms with E-state index in [4.69, 9.17) is 11.6 Å². The molecular weight excluding hydrogens is 364 g/mol. The average molecular weight is 383 g/mol. The van der Waals surface area contributed by atoms with Gasteiger partial charge in [-0.25, -0.2) is 4.98 Å². The zero-order chi connectivity index (χ0) is 19.0. The van der Waals surface area contributed by atoms with Gasteiger partial charge in [-0.2, -0.15) is 0 Å². The molecule has 1 saturated carbocycles. The summed E-state index contributed by atoms with van der Waals surface area (Å²) in [5.74, 6) is -0.0560. The highest BCUT2D eigenvalue weighted by Gasteiger charge is 2.23. The van der Waals surface area contributed by atoms with Gasteiger partial charge in [0, 0.05) is 29.6 Å².